The summed E-state index contributed by atoms with van der Waals surface area (Å²) in [7, 11) is 4.48. The third kappa shape index (κ3) is 8.20. The van der Waals surface area contributed by atoms with Gasteiger partial charge in [-0.15, -0.1) is 0 Å². The van der Waals surface area contributed by atoms with Crippen molar-refractivity contribution in [2.24, 2.45) is 35.8 Å². The van der Waals surface area contributed by atoms with Gasteiger partial charge in [0.2, 0.25) is 11.4 Å². The fourth-order valence-corrected chi connectivity index (χ4v) is 15.9. The number of pyridine rings is 4. The molecule has 12 rings (SSSR count). The molecule has 4 nitrogen and oxygen atoms in total. The van der Waals surface area contributed by atoms with Crippen LogP contribution in [0.15, 0.2) is 129 Å². The molecule has 4 aromatic heterocycles. The Labute approximate surface area is 447 Å². The van der Waals surface area contributed by atoms with Crippen LogP contribution < -0.4 is 9.13 Å². The zero-order valence-corrected chi connectivity index (χ0v) is 47.9. The van der Waals surface area contributed by atoms with Crippen molar-refractivity contribution < 1.29 is 9.13 Å². The molecule has 0 aliphatic carbocycles. The minimum Gasteiger partial charge on any atom is -0.264 e. The highest BCUT2D eigenvalue weighted by molar-refractivity contribution is 8.00. The summed E-state index contributed by atoms with van der Waals surface area (Å²) in [5, 5.41) is 14.9. The second kappa shape index (κ2) is 17.4. The fourth-order valence-electron chi connectivity index (χ4n) is 13.2. The van der Waals surface area contributed by atoms with E-state index in [0.717, 1.165) is 44.0 Å². The van der Waals surface area contributed by atoms with Gasteiger partial charge in [0.1, 0.15) is 14.1 Å². The number of hydrogen-bond donors (Lipinski definition) is 0. The lowest BCUT2D eigenvalue weighted by molar-refractivity contribution is -0.659. The molecule has 0 N–H and O–H groups in total. The van der Waals surface area contributed by atoms with E-state index in [1.54, 1.807) is 0 Å². The van der Waals surface area contributed by atoms with Gasteiger partial charge in [-0.1, -0.05) is 135 Å². The standard InChI is InChI=1S/C68H72N4S2/c1-39-51-38-69-29-23-45(51)50(64-54(39)61-58-47(24-30-71(61)13)56-41(32-52(58)74-64)18-15-20-43(56)34-65(3,4)5)37-68(11,12)27-26-67(9,10)35-44-21-16-19-42-33-53-59-48(57(42)44)25-31-72(14)62(59)55-40(2)60-46(22-17-28-70-60)49(63(55)73-53)36-66(6,7)8/h15-25,28-33,38H,26-27,34-37H2,1-14H3/q+2. The lowest BCUT2D eigenvalue weighted by atomic mass is 9.73. The highest BCUT2D eigenvalue weighted by Gasteiger charge is 2.37. The van der Waals surface area contributed by atoms with E-state index in [0.29, 0.717) is 0 Å². The van der Waals surface area contributed by atoms with Gasteiger partial charge in [0.05, 0.1) is 27.4 Å². The molecular formula is C68H72N4S2+2. The van der Waals surface area contributed by atoms with E-state index in [-0.39, 0.29) is 21.7 Å². The SMILES string of the molecule is Cc1c2c(c(CC(C)(C)CCC(C)(C)Cc3cccc4cc5c6c([n+](C)ccc6c34)-c3c(c(CC(C)(C)C)c4cccnc4c3C)S5)c3ccncc13)Sc1cc3cccc(CC(C)(C)C)c3c3cc[n+](C)c-2c13. The third-order valence-corrected chi connectivity index (χ3v) is 18.9. The van der Waals surface area contributed by atoms with Crippen LogP contribution in [-0.2, 0) is 39.8 Å². The molecule has 0 saturated carbocycles. The molecule has 0 atom stereocenters. The molecule has 0 spiro atoms. The van der Waals surface area contributed by atoms with Crippen LogP contribution in [0.2, 0.25) is 0 Å². The number of fused-ring (bicyclic) bond motifs is 10. The highest BCUT2D eigenvalue weighted by atomic mass is 32.2. The van der Waals surface area contributed by atoms with E-state index in [9.17, 15) is 0 Å². The van der Waals surface area contributed by atoms with Crippen molar-refractivity contribution in [1.82, 2.24) is 9.97 Å². The molecule has 0 saturated heterocycles. The van der Waals surface area contributed by atoms with Gasteiger partial charge in [0, 0.05) is 71.9 Å². The first-order valence-corrected chi connectivity index (χ1v) is 28.6. The Kier molecular flexibility index (Phi) is 11.5. The van der Waals surface area contributed by atoms with Crippen LogP contribution in [0.5, 0.6) is 0 Å². The molecule has 0 radical (unpaired) electrons. The molecule has 0 unspecified atom stereocenters. The van der Waals surface area contributed by atoms with Crippen LogP contribution in [0.25, 0.3) is 87.3 Å². The molecular weight excluding hydrogens is 937 g/mol. The van der Waals surface area contributed by atoms with Crippen molar-refractivity contribution in [1.29, 1.82) is 0 Å². The summed E-state index contributed by atoms with van der Waals surface area (Å²) in [4.78, 5) is 15.3. The Morgan fingerprint density at radius 2 is 1.01 bits per heavy atom. The minimum atomic E-state index is 0.0329. The van der Waals surface area contributed by atoms with Crippen LogP contribution in [0.4, 0.5) is 0 Å². The van der Waals surface area contributed by atoms with Gasteiger partial charge in [-0.3, -0.25) is 9.97 Å². The maximum atomic E-state index is 5.04. The summed E-state index contributed by atoms with van der Waals surface area (Å²) in [5.74, 6) is 0. The topological polar surface area (TPSA) is 33.5 Å². The summed E-state index contributed by atoms with van der Waals surface area (Å²) in [6, 6.07) is 30.5. The Morgan fingerprint density at radius 1 is 0.486 bits per heavy atom. The summed E-state index contributed by atoms with van der Waals surface area (Å²) in [6.07, 6.45) is 17.0. The smallest absolute Gasteiger partial charge is 0.222 e. The molecule has 2 aliphatic rings. The second-order valence-corrected chi connectivity index (χ2v) is 28.3. The molecule has 6 aromatic carbocycles. The van der Waals surface area contributed by atoms with Gasteiger partial charge in [-0.25, -0.2) is 9.13 Å². The van der Waals surface area contributed by atoms with Crippen molar-refractivity contribution in [3.8, 4) is 22.5 Å². The Balaban J connectivity index is 0.907. The maximum Gasteiger partial charge on any atom is 0.222 e. The number of aromatic nitrogens is 4. The number of aryl methyl sites for hydroxylation is 4. The van der Waals surface area contributed by atoms with E-state index in [1.807, 2.05) is 35.9 Å². The van der Waals surface area contributed by atoms with E-state index in [2.05, 4.69) is 204 Å². The highest BCUT2D eigenvalue weighted by Crippen LogP contribution is 2.56. The van der Waals surface area contributed by atoms with E-state index in [4.69, 9.17) is 9.97 Å². The van der Waals surface area contributed by atoms with Crippen molar-refractivity contribution in [2.45, 2.75) is 141 Å². The molecule has 74 heavy (non-hydrogen) atoms. The molecule has 374 valence electrons. The fraction of sp³-hybridized carbons (Fsp3) is 0.353. The molecule has 2 aliphatic heterocycles. The predicted octanol–water partition coefficient (Wildman–Crippen LogP) is 17.7. The van der Waals surface area contributed by atoms with Gasteiger partial charge in [0.15, 0.2) is 12.4 Å². The summed E-state index contributed by atoms with van der Waals surface area (Å²) in [5.41, 5.74) is 15.3. The van der Waals surface area contributed by atoms with Gasteiger partial charge < -0.3 is 0 Å². The predicted molar refractivity (Wildman–Crippen MR) is 315 cm³/mol. The molecule has 6 heteroatoms. The second-order valence-electron chi connectivity index (χ2n) is 26.2. The third-order valence-electron chi connectivity index (χ3n) is 16.5. The van der Waals surface area contributed by atoms with Crippen molar-refractivity contribution in [3.63, 3.8) is 0 Å². The number of benzene rings is 6. The van der Waals surface area contributed by atoms with Crippen LogP contribution in [0.3, 0.4) is 0 Å². The molecule has 0 amide bonds. The summed E-state index contributed by atoms with van der Waals surface area (Å²) >= 11 is 4.00. The summed E-state index contributed by atoms with van der Waals surface area (Å²) < 4.78 is 4.77. The van der Waals surface area contributed by atoms with Crippen LogP contribution in [0, 0.1) is 35.5 Å². The van der Waals surface area contributed by atoms with E-state index in [1.165, 1.54) is 135 Å². The maximum absolute atomic E-state index is 5.04. The Hall–Kier alpha value is -5.82. The molecule has 6 heterocycles. The minimum absolute atomic E-state index is 0.0329. The zero-order chi connectivity index (χ0) is 52.0. The van der Waals surface area contributed by atoms with Crippen LogP contribution in [-0.4, -0.2) is 9.97 Å². The lowest BCUT2D eigenvalue weighted by Gasteiger charge is -2.34. The monoisotopic (exact) mass is 1010 g/mol. The Bertz CT molecular complexity index is 4030. The number of hydrogen-bond acceptors (Lipinski definition) is 4. The van der Waals surface area contributed by atoms with Gasteiger partial charge >= 0.3 is 0 Å². The van der Waals surface area contributed by atoms with Crippen molar-refractivity contribution in [2.75, 3.05) is 0 Å². The van der Waals surface area contributed by atoms with Crippen molar-refractivity contribution in [3.05, 3.63) is 143 Å². The van der Waals surface area contributed by atoms with Gasteiger partial charge in [-0.2, -0.15) is 0 Å². The number of nitrogens with zero attached hydrogens (tertiary/aromatic N) is 4. The van der Waals surface area contributed by atoms with Gasteiger partial charge in [-0.05, 0) is 159 Å². The first-order chi connectivity index (χ1) is 35.1. The largest absolute Gasteiger partial charge is 0.264 e. The van der Waals surface area contributed by atoms with Crippen LogP contribution >= 0.6 is 23.5 Å². The van der Waals surface area contributed by atoms with Crippen LogP contribution in [0.1, 0.15) is 115 Å². The van der Waals surface area contributed by atoms with Gasteiger partial charge in [0.25, 0.3) is 0 Å². The average molecular weight is 1010 g/mol. The quantitative estimate of drug-likeness (QED) is 0.107. The first kappa shape index (κ1) is 49.1. The molecule has 10 aromatic rings. The average Bonchev–Trinajstić information content (AvgIpc) is 3.36. The molecule has 0 bridgehead atoms. The van der Waals surface area contributed by atoms with E-state index >= 15 is 0 Å². The van der Waals surface area contributed by atoms with E-state index < -0.39 is 0 Å². The number of rotatable bonds is 9. The first-order valence-electron chi connectivity index (χ1n) is 27.0. The Morgan fingerprint density at radius 3 is 1.58 bits per heavy atom. The zero-order valence-electron chi connectivity index (χ0n) is 46.2. The summed E-state index contributed by atoms with van der Waals surface area (Å²) in [6.45, 7) is 28.8. The normalized spacial score (nSPS) is 13.8. The van der Waals surface area contributed by atoms with Crippen molar-refractivity contribution >= 4 is 88.3 Å². The lowest BCUT2D eigenvalue weighted by Crippen LogP contribution is -2.32. The molecule has 0 fully saturated rings.